The van der Waals surface area contributed by atoms with Gasteiger partial charge in [0.15, 0.2) is 5.82 Å². The molecule has 0 saturated carbocycles. The second-order valence-corrected chi connectivity index (χ2v) is 6.56. The summed E-state index contributed by atoms with van der Waals surface area (Å²) in [5, 5.41) is 11.0. The molecule has 1 fully saturated rings. The number of amides is 2. The number of anilines is 1. The maximum absolute atomic E-state index is 12.5. The van der Waals surface area contributed by atoms with Crippen LogP contribution in [0.2, 0.25) is 0 Å². The lowest BCUT2D eigenvalue weighted by Crippen LogP contribution is -2.32. The maximum atomic E-state index is 12.5. The van der Waals surface area contributed by atoms with Gasteiger partial charge in [0.2, 0.25) is 11.8 Å². The Bertz CT molecular complexity index is 980. The fourth-order valence-corrected chi connectivity index (χ4v) is 3.32. The van der Waals surface area contributed by atoms with Crippen LogP contribution in [0, 0.1) is 5.92 Å². The first-order valence-corrected chi connectivity index (χ1v) is 8.80. The number of para-hydroxylation sites is 1. The van der Waals surface area contributed by atoms with Crippen molar-refractivity contribution in [2.24, 2.45) is 5.92 Å². The van der Waals surface area contributed by atoms with Crippen molar-refractivity contribution >= 4 is 28.5 Å². The van der Waals surface area contributed by atoms with Crippen LogP contribution in [0.1, 0.15) is 12.0 Å². The Morgan fingerprint density at radius 3 is 2.81 bits per heavy atom. The molecule has 2 N–H and O–H groups in total. The number of hydrogen-bond acceptors (Lipinski definition) is 4. The third-order valence-electron chi connectivity index (χ3n) is 4.83. The highest BCUT2D eigenvalue weighted by molar-refractivity contribution is 6.05. The number of methoxy groups -OCH3 is 1. The lowest BCUT2D eigenvalue weighted by Gasteiger charge is -2.14. The number of aromatic nitrogens is 2. The highest BCUT2D eigenvalue weighted by Crippen LogP contribution is 2.29. The van der Waals surface area contributed by atoms with E-state index in [4.69, 9.17) is 4.74 Å². The summed E-state index contributed by atoms with van der Waals surface area (Å²) in [5.41, 5.74) is 1.84. The number of H-pyrrole nitrogens is 1. The molecule has 0 bridgehead atoms. The minimum Gasteiger partial charge on any atom is -0.497 e. The minimum atomic E-state index is -0.383. The first-order chi connectivity index (χ1) is 13.2. The molecule has 4 rings (SSSR count). The van der Waals surface area contributed by atoms with Crippen LogP contribution in [0.25, 0.3) is 10.9 Å². The number of nitrogens with zero attached hydrogens (tertiary/aromatic N) is 2. The highest BCUT2D eigenvalue weighted by Gasteiger charge is 2.36. The van der Waals surface area contributed by atoms with E-state index in [9.17, 15) is 9.59 Å². The summed E-state index contributed by atoms with van der Waals surface area (Å²) in [6.45, 7) is 0.751. The van der Waals surface area contributed by atoms with Crippen LogP contribution in [0.3, 0.4) is 0 Å². The Morgan fingerprint density at radius 1 is 1.26 bits per heavy atom. The Balaban J connectivity index is 1.41. The molecule has 7 nitrogen and oxygen atoms in total. The van der Waals surface area contributed by atoms with Crippen molar-refractivity contribution in [2.75, 3.05) is 18.6 Å². The van der Waals surface area contributed by atoms with Gasteiger partial charge >= 0.3 is 0 Å². The minimum absolute atomic E-state index is 0.0862. The van der Waals surface area contributed by atoms with Gasteiger partial charge in [-0.1, -0.05) is 24.3 Å². The van der Waals surface area contributed by atoms with Gasteiger partial charge in [0.25, 0.3) is 0 Å². The van der Waals surface area contributed by atoms with Gasteiger partial charge < -0.3 is 10.1 Å². The first kappa shape index (κ1) is 17.1. The molecule has 1 aliphatic heterocycles. The van der Waals surface area contributed by atoms with E-state index >= 15 is 0 Å². The van der Waals surface area contributed by atoms with Gasteiger partial charge in [-0.15, -0.1) is 0 Å². The molecule has 2 aromatic carbocycles. The molecule has 2 heterocycles. The highest BCUT2D eigenvalue weighted by atomic mass is 16.5. The second-order valence-electron chi connectivity index (χ2n) is 6.56. The van der Waals surface area contributed by atoms with Crippen molar-refractivity contribution in [1.82, 2.24) is 15.5 Å². The zero-order valence-corrected chi connectivity index (χ0v) is 14.9. The molecule has 27 heavy (non-hydrogen) atoms. The molecule has 1 aliphatic rings. The number of carbonyl (C=O) groups excluding carboxylic acids is 2. The number of ether oxygens (including phenoxy) is 1. The molecule has 0 aliphatic carbocycles. The molecule has 1 aromatic heterocycles. The molecule has 138 valence electrons. The van der Waals surface area contributed by atoms with Crippen molar-refractivity contribution in [3.05, 3.63) is 54.1 Å². The average Bonchev–Trinajstić information content (AvgIpc) is 3.29. The molecule has 1 atom stereocenters. The molecule has 2 amide bonds. The molecular formula is C20H20N4O3. The summed E-state index contributed by atoms with van der Waals surface area (Å²) in [6.07, 6.45) is 0.190. The number of hydrogen-bond donors (Lipinski definition) is 2. The molecule has 0 radical (unpaired) electrons. The summed E-state index contributed by atoms with van der Waals surface area (Å²) in [7, 11) is 1.61. The van der Waals surface area contributed by atoms with E-state index in [1.165, 1.54) is 0 Å². The molecule has 3 aromatic rings. The number of rotatable bonds is 5. The Morgan fingerprint density at radius 2 is 2.04 bits per heavy atom. The van der Waals surface area contributed by atoms with Crippen molar-refractivity contribution in [3.63, 3.8) is 0 Å². The van der Waals surface area contributed by atoms with Crippen LogP contribution in [0.15, 0.2) is 48.5 Å². The smallest absolute Gasteiger partial charge is 0.229 e. The third kappa shape index (κ3) is 3.36. The Labute approximate surface area is 156 Å². The van der Waals surface area contributed by atoms with E-state index in [1.54, 1.807) is 12.0 Å². The van der Waals surface area contributed by atoms with E-state index in [-0.39, 0.29) is 24.2 Å². The molecule has 0 unspecified atom stereocenters. The number of nitrogens with one attached hydrogen (secondary N) is 2. The number of fused-ring (bicyclic) bond motifs is 1. The SMILES string of the molecule is COc1ccc(CNC(=O)[C@H]2CC(=O)N(c3n[nH]c4ccccc34)C2)cc1. The second kappa shape index (κ2) is 7.11. The monoisotopic (exact) mass is 364 g/mol. The predicted octanol–water partition coefficient (Wildman–Crippen LogP) is 2.24. The van der Waals surface area contributed by atoms with Gasteiger partial charge in [0.05, 0.1) is 18.5 Å². The lowest BCUT2D eigenvalue weighted by atomic mass is 10.1. The van der Waals surface area contributed by atoms with E-state index < -0.39 is 0 Å². The van der Waals surface area contributed by atoms with Crippen molar-refractivity contribution in [2.45, 2.75) is 13.0 Å². The van der Waals surface area contributed by atoms with Crippen molar-refractivity contribution < 1.29 is 14.3 Å². The van der Waals surface area contributed by atoms with Gasteiger partial charge in [-0.05, 0) is 29.8 Å². The van der Waals surface area contributed by atoms with E-state index in [0.29, 0.717) is 18.9 Å². The van der Waals surface area contributed by atoms with Gasteiger partial charge in [-0.3, -0.25) is 19.6 Å². The summed E-state index contributed by atoms with van der Waals surface area (Å²) in [5.74, 6) is 0.763. The van der Waals surface area contributed by atoms with Crippen LogP contribution in [-0.2, 0) is 16.1 Å². The Kier molecular flexibility index (Phi) is 4.50. The average molecular weight is 364 g/mol. The number of benzene rings is 2. The van der Waals surface area contributed by atoms with Gasteiger partial charge in [0, 0.05) is 24.9 Å². The molecule has 7 heteroatoms. The largest absolute Gasteiger partial charge is 0.497 e. The predicted molar refractivity (Wildman–Crippen MR) is 101 cm³/mol. The third-order valence-corrected chi connectivity index (χ3v) is 4.83. The summed E-state index contributed by atoms with van der Waals surface area (Å²) in [4.78, 5) is 26.6. The summed E-state index contributed by atoms with van der Waals surface area (Å²) < 4.78 is 5.13. The number of carbonyl (C=O) groups is 2. The normalized spacial score (nSPS) is 16.7. The lowest BCUT2D eigenvalue weighted by molar-refractivity contribution is -0.126. The van der Waals surface area contributed by atoms with E-state index in [0.717, 1.165) is 22.2 Å². The van der Waals surface area contributed by atoms with Gasteiger partial charge in [-0.2, -0.15) is 5.10 Å². The fourth-order valence-electron chi connectivity index (χ4n) is 3.32. The van der Waals surface area contributed by atoms with E-state index in [2.05, 4.69) is 15.5 Å². The van der Waals surface area contributed by atoms with Crippen LogP contribution in [0.5, 0.6) is 5.75 Å². The Hall–Kier alpha value is -3.35. The topological polar surface area (TPSA) is 87.3 Å². The summed E-state index contributed by atoms with van der Waals surface area (Å²) >= 11 is 0. The van der Waals surface area contributed by atoms with Crippen molar-refractivity contribution in [1.29, 1.82) is 0 Å². The number of aromatic amines is 1. The quantitative estimate of drug-likeness (QED) is 0.727. The van der Waals surface area contributed by atoms with Crippen molar-refractivity contribution in [3.8, 4) is 5.75 Å². The molecule has 1 saturated heterocycles. The zero-order valence-electron chi connectivity index (χ0n) is 14.9. The van der Waals surface area contributed by atoms with Crippen LogP contribution < -0.4 is 15.0 Å². The van der Waals surface area contributed by atoms with Gasteiger partial charge in [0.1, 0.15) is 5.75 Å². The maximum Gasteiger partial charge on any atom is 0.229 e. The fraction of sp³-hybridized carbons (Fsp3) is 0.250. The summed E-state index contributed by atoms with van der Waals surface area (Å²) in [6, 6.07) is 15.1. The van der Waals surface area contributed by atoms with E-state index in [1.807, 2.05) is 48.5 Å². The van der Waals surface area contributed by atoms with Crippen LogP contribution in [0.4, 0.5) is 5.82 Å². The van der Waals surface area contributed by atoms with Gasteiger partial charge in [-0.25, -0.2) is 0 Å². The van der Waals surface area contributed by atoms with Crippen LogP contribution >= 0.6 is 0 Å². The molecular weight excluding hydrogens is 344 g/mol. The van der Waals surface area contributed by atoms with Crippen LogP contribution in [-0.4, -0.2) is 35.7 Å². The standard InChI is InChI=1S/C20H20N4O3/c1-27-15-8-6-13(7-9-15)11-21-20(26)14-10-18(25)24(12-14)19-16-4-2-3-5-17(16)22-23-19/h2-9,14H,10-12H2,1H3,(H,21,26)(H,22,23)/t14-/m0/s1. The zero-order chi connectivity index (χ0) is 18.8. The molecule has 0 spiro atoms. The first-order valence-electron chi connectivity index (χ1n) is 8.80.